The first-order valence-electron chi connectivity index (χ1n) is 4.66. The molecular weight excluding hydrogens is 190 g/mol. The molecule has 72 valence electrons. The maximum absolute atomic E-state index is 4.15. The van der Waals surface area contributed by atoms with Gasteiger partial charge in [-0.05, 0) is 24.1 Å². The number of fused-ring (bicyclic) bond motifs is 1. The van der Waals surface area contributed by atoms with Crippen molar-refractivity contribution in [3.05, 3.63) is 41.6 Å². The van der Waals surface area contributed by atoms with E-state index in [2.05, 4.69) is 48.8 Å². The van der Waals surface area contributed by atoms with Gasteiger partial charge in [-0.2, -0.15) is 12.6 Å². The third-order valence-electron chi connectivity index (χ3n) is 2.27. The molecule has 0 radical (unpaired) electrons. The van der Waals surface area contributed by atoms with Crippen molar-refractivity contribution in [3.63, 3.8) is 0 Å². The van der Waals surface area contributed by atoms with Crippen molar-refractivity contribution in [3.8, 4) is 0 Å². The van der Waals surface area contributed by atoms with Crippen LogP contribution >= 0.6 is 12.6 Å². The zero-order valence-electron chi connectivity index (χ0n) is 8.12. The van der Waals surface area contributed by atoms with E-state index >= 15 is 0 Å². The van der Waals surface area contributed by atoms with Crippen molar-refractivity contribution in [2.75, 3.05) is 5.75 Å². The summed E-state index contributed by atoms with van der Waals surface area (Å²) in [7, 11) is 0. The molecule has 14 heavy (non-hydrogen) atoms. The van der Waals surface area contributed by atoms with Crippen molar-refractivity contribution in [1.82, 2.24) is 4.98 Å². The molecule has 2 heteroatoms. The fourth-order valence-corrected chi connectivity index (χ4v) is 1.69. The SMILES string of the molecule is Cc1ccc2c(C=CCS)c[nH]c2c1. The van der Waals surface area contributed by atoms with Gasteiger partial charge in [0.1, 0.15) is 0 Å². The van der Waals surface area contributed by atoms with Gasteiger partial charge in [0.25, 0.3) is 0 Å². The van der Waals surface area contributed by atoms with Crippen LogP contribution in [-0.2, 0) is 0 Å². The summed E-state index contributed by atoms with van der Waals surface area (Å²) in [6, 6.07) is 6.45. The summed E-state index contributed by atoms with van der Waals surface area (Å²) in [5.74, 6) is 0.776. The average molecular weight is 203 g/mol. The lowest BCUT2D eigenvalue weighted by Gasteiger charge is -1.93. The molecule has 1 aromatic heterocycles. The number of rotatable bonds is 2. The quantitative estimate of drug-likeness (QED) is 0.696. The first-order chi connectivity index (χ1) is 6.81. The van der Waals surface area contributed by atoms with E-state index in [1.165, 1.54) is 22.0 Å². The van der Waals surface area contributed by atoms with Gasteiger partial charge in [-0.25, -0.2) is 0 Å². The highest BCUT2D eigenvalue weighted by Crippen LogP contribution is 2.20. The van der Waals surface area contributed by atoms with Crippen molar-refractivity contribution in [2.24, 2.45) is 0 Å². The van der Waals surface area contributed by atoms with Crippen LogP contribution in [0.1, 0.15) is 11.1 Å². The Balaban J connectivity index is 2.53. The molecule has 0 spiro atoms. The molecule has 0 aliphatic carbocycles. The monoisotopic (exact) mass is 203 g/mol. The molecule has 1 heterocycles. The highest BCUT2D eigenvalue weighted by molar-refractivity contribution is 7.80. The van der Waals surface area contributed by atoms with Crippen molar-refractivity contribution < 1.29 is 0 Å². The number of hydrogen-bond acceptors (Lipinski definition) is 1. The third kappa shape index (κ3) is 1.70. The summed E-state index contributed by atoms with van der Waals surface area (Å²) in [5, 5.41) is 1.27. The normalized spacial score (nSPS) is 11.6. The lowest BCUT2D eigenvalue weighted by Crippen LogP contribution is -1.72. The van der Waals surface area contributed by atoms with Crippen LogP contribution in [0.5, 0.6) is 0 Å². The van der Waals surface area contributed by atoms with E-state index in [0.717, 1.165) is 5.75 Å². The van der Waals surface area contributed by atoms with Crippen LogP contribution < -0.4 is 0 Å². The Labute approximate surface area is 89.2 Å². The molecule has 1 N–H and O–H groups in total. The summed E-state index contributed by atoms with van der Waals surface area (Å²) in [5.41, 5.74) is 3.71. The molecule has 0 saturated heterocycles. The van der Waals surface area contributed by atoms with Crippen LogP contribution in [0.15, 0.2) is 30.5 Å². The number of aromatic nitrogens is 1. The van der Waals surface area contributed by atoms with Crippen LogP contribution in [-0.4, -0.2) is 10.7 Å². The van der Waals surface area contributed by atoms with E-state index in [-0.39, 0.29) is 0 Å². The van der Waals surface area contributed by atoms with Crippen LogP contribution in [0, 0.1) is 6.92 Å². The van der Waals surface area contributed by atoms with Crippen LogP contribution in [0.3, 0.4) is 0 Å². The van der Waals surface area contributed by atoms with E-state index in [1.54, 1.807) is 0 Å². The minimum atomic E-state index is 0.776. The first-order valence-corrected chi connectivity index (χ1v) is 5.29. The summed E-state index contributed by atoms with van der Waals surface area (Å²) in [6.45, 7) is 2.10. The van der Waals surface area contributed by atoms with Gasteiger partial charge in [0, 0.05) is 22.9 Å². The minimum Gasteiger partial charge on any atom is -0.361 e. The van der Waals surface area contributed by atoms with Gasteiger partial charge < -0.3 is 4.98 Å². The van der Waals surface area contributed by atoms with Gasteiger partial charge in [0.05, 0.1) is 0 Å². The smallest absolute Gasteiger partial charge is 0.0462 e. The number of benzene rings is 1. The average Bonchev–Trinajstić information content (AvgIpc) is 2.57. The van der Waals surface area contributed by atoms with Gasteiger partial charge >= 0.3 is 0 Å². The Bertz CT molecular complexity index is 468. The Morgan fingerprint density at radius 1 is 1.43 bits per heavy atom. The van der Waals surface area contributed by atoms with Crippen molar-refractivity contribution in [2.45, 2.75) is 6.92 Å². The summed E-state index contributed by atoms with van der Waals surface area (Å²) in [4.78, 5) is 3.26. The number of aromatic amines is 1. The number of thiol groups is 1. The third-order valence-corrected chi connectivity index (χ3v) is 2.48. The second-order valence-corrected chi connectivity index (χ2v) is 3.74. The Kier molecular flexibility index (Phi) is 2.64. The van der Waals surface area contributed by atoms with E-state index in [9.17, 15) is 0 Å². The Hall–Kier alpha value is -1.15. The van der Waals surface area contributed by atoms with Crippen molar-refractivity contribution >= 4 is 29.6 Å². The van der Waals surface area contributed by atoms with Gasteiger partial charge in [-0.3, -0.25) is 0 Å². The molecule has 0 saturated carbocycles. The van der Waals surface area contributed by atoms with Gasteiger partial charge in [-0.15, -0.1) is 0 Å². The fraction of sp³-hybridized carbons (Fsp3) is 0.167. The van der Waals surface area contributed by atoms with Gasteiger partial charge in [0.15, 0.2) is 0 Å². The topological polar surface area (TPSA) is 15.8 Å². The van der Waals surface area contributed by atoms with E-state index in [1.807, 2.05) is 12.3 Å². The standard InChI is InChI=1S/C12H13NS/c1-9-4-5-11-10(3-2-6-14)8-13-12(11)7-9/h2-5,7-8,13-14H,6H2,1H3. The van der Waals surface area contributed by atoms with Crippen LogP contribution in [0.25, 0.3) is 17.0 Å². The zero-order chi connectivity index (χ0) is 9.97. The van der Waals surface area contributed by atoms with Crippen LogP contribution in [0.4, 0.5) is 0 Å². The first kappa shape index (κ1) is 9.41. The molecule has 2 rings (SSSR count). The molecule has 0 fully saturated rings. The minimum absolute atomic E-state index is 0.776. The number of hydrogen-bond donors (Lipinski definition) is 2. The highest BCUT2D eigenvalue weighted by Gasteiger charge is 1.99. The summed E-state index contributed by atoms with van der Waals surface area (Å²) >= 11 is 4.15. The molecule has 2 aromatic rings. The van der Waals surface area contributed by atoms with E-state index in [4.69, 9.17) is 0 Å². The molecule has 0 unspecified atom stereocenters. The Morgan fingerprint density at radius 3 is 3.07 bits per heavy atom. The molecule has 0 bridgehead atoms. The molecule has 0 aliphatic rings. The van der Waals surface area contributed by atoms with Crippen LogP contribution in [0.2, 0.25) is 0 Å². The molecule has 1 nitrogen and oxygen atoms in total. The maximum Gasteiger partial charge on any atom is 0.0462 e. The zero-order valence-corrected chi connectivity index (χ0v) is 9.01. The summed E-state index contributed by atoms with van der Waals surface area (Å²) < 4.78 is 0. The second kappa shape index (κ2) is 3.93. The molecule has 0 aliphatic heterocycles. The lowest BCUT2D eigenvalue weighted by atomic mass is 10.1. The second-order valence-electron chi connectivity index (χ2n) is 3.38. The molecule has 0 atom stereocenters. The predicted molar refractivity (Wildman–Crippen MR) is 65.9 cm³/mol. The Morgan fingerprint density at radius 2 is 2.29 bits per heavy atom. The van der Waals surface area contributed by atoms with Gasteiger partial charge in [0.2, 0.25) is 0 Å². The van der Waals surface area contributed by atoms with E-state index < -0.39 is 0 Å². The largest absolute Gasteiger partial charge is 0.361 e. The van der Waals surface area contributed by atoms with E-state index in [0.29, 0.717) is 0 Å². The fourth-order valence-electron chi connectivity index (χ4n) is 1.58. The molecule has 0 amide bonds. The predicted octanol–water partition coefficient (Wildman–Crippen LogP) is 3.42. The number of nitrogens with one attached hydrogen (secondary N) is 1. The summed E-state index contributed by atoms with van der Waals surface area (Å²) in [6.07, 6.45) is 6.18. The molecule has 1 aromatic carbocycles. The van der Waals surface area contributed by atoms with Gasteiger partial charge in [-0.1, -0.05) is 24.3 Å². The number of H-pyrrole nitrogens is 1. The number of aryl methyl sites for hydroxylation is 1. The lowest BCUT2D eigenvalue weighted by molar-refractivity contribution is 1.44. The highest BCUT2D eigenvalue weighted by atomic mass is 32.1. The maximum atomic E-state index is 4.15. The van der Waals surface area contributed by atoms with Crippen molar-refractivity contribution in [1.29, 1.82) is 0 Å². The molecular formula is C12H13NS.